The van der Waals surface area contributed by atoms with Crippen LogP contribution in [0.1, 0.15) is 25.3 Å². The molecular weight excluding hydrogens is 240 g/mol. The maximum Gasteiger partial charge on any atom is 0.119 e. The second kappa shape index (κ2) is 8.15. The third-order valence-electron chi connectivity index (χ3n) is 3.21. The molecule has 0 aliphatic carbocycles. The molecule has 4 nitrogen and oxygen atoms in total. The maximum absolute atomic E-state index is 5.65. The van der Waals surface area contributed by atoms with Crippen LogP contribution in [0.5, 0.6) is 5.75 Å². The van der Waals surface area contributed by atoms with Gasteiger partial charge in [0.15, 0.2) is 0 Å². The van der Waals surface area contributed by atoms with E-state index in [0.29, 0.717) is 0 Å². The van der Waals surface area contributed by atoms with Crippen LogP contribution in [0.4, 0.5) is 0 Å². The molecule has 0 unspecified atom stereocenters. The molecule has 1 aliphatic heterocycles. The van der Waals surface area contributed by atoms with Gasteiger partial charge in [-0.3, -0.25) is 5.43 Å². The molecule has 1 aliphatic rings. The number of morpholine rings is 1. The predicted molar refractivity (Wildman–Crippen MR) is 76.1 cm³/mol. The summed E-state index contributed by atoms with van der Waals surface area (Å²) in [7, 11) is 0. The maximum atomic E-state index is 5.65. The molecule has 0 bridgehead atoms. The van der Waals surface area contributed by atoms with Crippen molar-refractivity contribution in [3.05, 3.63) is 29.8 Å². The van der Waals surface area contributed by atoms with E-state index in [1.54, 1.807) is 0 Å². The molecule has 0 amide bonds. The number of rotatable bonds is 7. The Kier molecular flexibility index (Phi) is 6.14. The van der Waals surface area contributed by atoms with Gasteiger partial charge >= 0.3 is 0 Å². The zero-order chi connectivity index (χ0) is 13.3. The van der Waals surface area contributed by atoms with Crippen molar-refractivity contribution in [2.24, 2.45) is 0 Å². The van der Waals surface area contributed by atoms with Gasteiger partial charge in [0.2, 0.25) is 0 Å². The highest BCUT2D eigenvalue weighted by atomic mass is 16.5. The number of nitrogens with zero attached hydrogens (tertiary/aromatic N) is 1. The van der Waals surface area contributed by atoms with Gasteiger partial charge in [-0.15, -0.1) is 0 Å². The molecule has 1 saturated heterocycles. The molecule has 1 fully saturated rings. The van der Waals surface area contributed by atoms with E-state index < -0.39 is 0 Å². The third kappa shape index (κ3) is 5.19. The summed E-state index contributed by atoms with van der Waals surface area (Å²) in [5.41, 5.74) is 4.69. The van der Waals surface area contributed by atoms with Gasteiger partial charge in [-0.05, 0) is 24.1 Å². The van der Waals surface area contributed by atoms with E-state index in [-0.39, 0.29) is 0 Å². The standard InChI is InChI=1S/C15H24N2O2/c1-2-3-10-19-15-6-4-14(5-7-15)13-16-17-8-11-18-12-9-17/h4-7,16H,2-3,8-13H2,1H3. The molecule has 1 heterocycles. The zero-order valence-corrected chi connectivity index (χ0v) is 11.7. The second-order valence-corrected chi connectivity index (χ2v) is 4.78. The van der Waals surface area contributed by atoms with Crippen LogP contribution in [0.15, 0.2) is 24.3 Å². The molecule has 4 heteroatoms. The van der Waals surface area contributed by atoms with E-state index in [4.69, 9.17) is 9.47 Å². The first-order chi connectivity index (χ1) is 9.38. The third-order valence-corrected chi connectivity index (χ3v) is 3.21. The lowest BCUT2D eigenvalue weighted by atomic mass is 10.2. The van der Waals surface area contributed by atoms with Crippen molar-refractivity contribution in [3.8, 4) is 5.75 Å². The van der Waals surface area contributed by atoms with E-state index in [2.05, 4.69) is 29.5 Å². The number of ether oxygens (including phenoxy) is 2. The Morgan fingerprint density at radius 2 is 1.95 bits per heavy atom. The number of hydrazine groups is 1. The minimum atomic E-state index is 0.807. The first-order valence-electron chi connectivity index (χ1n) is 7.16. The fourth-order valence-corrected chi connectivity index (χ4v) is 1.96. The molecule has 0 spiro atoms. The molecule has 0 radical (unpaired) electrons. The van der Waals surface area contributed by atoms with Crippen LogP contribution in [0.25, 0.3) is 0 Å². The lowest BCUT2D eigenvalue weighted by Crippen LogP contribution is -2.45. The molecule has 0 atom stereocenters. The minimum Gasteiger partial charge on any atom is -0.494 e. The number of nitrogens with one attached hydrogen (secondary N) is 1. The van der Waals surface area contributed by atoms with E-state index in [9.17, 15) is 0 Å². The minimum absolute atomic E-state index is 0.807. The number of benzene rings is 1. The van der Waals surface area contributed by atoms with Crippen LogP contribution < -0.4 is 10.2 Å². The Balaban J connectivity index is 1.71. The van der Waals surface area contributed by atoms with Crippen molar-refractivity contribution in [2.75, 3.05) is 32.9 Å². The Morgan fingerprint density at radius 1 is 1.21 bits per heavy atom. The summed E-state index contributed by atoms with van der Waals surface area (Å²) >= 11 is 0. The Labute approximate surface area is 115 Å². The normalized spacial score (nSPS) is 16.5. The van der Waals surface area contributed by atoms with E-state index in [1.165, 1.54) is 12.0 Å². The van der Waals surface area contributed by atoms with Crippen LogP contribution in [-0.4, -0.2) is 37.9 Å². The van der Waals surface area contributed by atoms with Gasteiger partial charge < -0.3 is 9.47 Å². The van der Waals surface area contributed by atoms with Crippen molar-refractivity contribution in [2.45, 2.75) is 26.3 Å². The lowest BCUT2D eigenvalue weighted by Gasteiger charge is -2.27. The highest BCUT2D eigenvalue weighted by Crippen LogP contribution is 2.12. The summed E-state index contributed by atoms with van der Waals surface area (Å²) in [5.74, 6) is 0.962. The summed E-state index contributed by atoms with van der Waals surface area (Å²) in [6.07, 6.45) is 2.28. The molecular formula is C15H24N2O2. The molecule has 1 N–H and O–H groups in total. The van der Waals surface area contributed by atoms with E-state index >= 15 is 0 Å². The van der Waals surface area contributed by atoms with Crippen molar-refractivity contribution in [1.82, 2.24) is 10.4 Å². The van der Waals surface area contributed by atoms with Gasteiger partial charge in [0.25, 0.3) is 0 Å². The highest BCUT2D eigenvalue weighted by Gasteiger charge is 2.09. The van der Waals surface area contributed by atoms with E-state index in [1.807, 2.05) is 12.1 Å². The molecule has 2 rings (SSSR count). The lowest BCUT2D eigenvalue weighted by molar-refractivity contribution is 0.0106. The van der Waals surface area contributed by atoms with Crippen LogP contribution >= 0.6 is 0 Å². The average Bonchev–Trinajstić information content (AvgIpc) is 2.48. The molecule has 0 aromatic heterocycles. The topological polar surface area (TPSA) is 33.7 Å². The number of unbranched alkanes of at least 4 members (excludes halogenated alkanes) is 1. The first-order valence-corrected chi connectivity index (χ1v) is 7.16. The van der Waals surface area contributed by atoms with Crippen LogP contribution in [0, 0.1) is 0 Å². The van der Waals surface area contributed by atoms with Gasteiger partial charge in [-0.1, -0.05) is 25.5 Å². The van der Waals surface area contributed by atoms with Gasteiger partial charge in [0.05, 0.1) is 19.8 Å². The molecule has 1 aromatic carbocycles. The Hall–Kier alpha value is -1.10. The molecule has 19 heavy (non-hydrogen) atoms. The average molecular weight is 264 g/mol. The SMILES string of the molecule is CCCCOc1ccc(CNN2CCOCC2)cc1. The predicted octanol–water partition coefficient (Wildman–Crippen LogP) is 2.20. The molecule has 1 aromatic rings. The summed E-state index contributed by atoms with van der Waals surface area (Å²) < 4.78 is 11.0. The van der Waals surface area contributed by atoms with Crippen molar-refractivity contribution in [3.63, 3.8) is 0 Å². The monoisotopic (exact) mass is 264 g/mol. The Morgan fingerprint density at radius 3 is 2.63 bits per heavy atom. The van der Waals surface area contributed by atoms with Crippen molar-refractivity contribution in [1.29, 1.82) is 0 Å². The van der Waals surface area contributed by atoms with Crippen LogP contribution in [-0.2, 0) is 11.3 Å². The van der Waals surface area contributed by atoms with Crippen LogP contribution in [0.3, 0.4) is 0 Å². The first kappa shape index (κ1) is 14.3. The van der Waals surface area contributed by atoms with Crippen molar-refractivity contribution >= 4 is 0 Å². The number of hydrogen-bond acceptors (Lipinski definition) is 4. The quantitative estimate of drug-likeness (QED) is 0.766. The second-order valence-electron chi connectivity index (χ2n) is 4.78. The van der Waals surface area contributed by atoms with E-state index in [0.717, 1.165) is 51.6 Å². The summed E-state index contributed by atoms with van der Waals surface area (Å²) in [6.45, 7) is 7.38. The Bertz CT molecular complexity index is 348. The molecule has 0 saturated carbocycles. The highest BCUT2D eigenvalue weighted by molar-refractivity contribution is 5.27. The zero-order valence-electron chi connectivity index (χ0n) is 11.7. The summed E-state index contributed by atoms with van der Waals surface area (Å²) in [5, 5.41) is 2.22. The van der Waals surface area contributed by atoms with Gasteiger partial charge in [-0.2, -0.15) is 0 Å². The summed E-state index contributed by atoms with van der Waals surface area (Å²) in [6, 6.07) is 8.33. The van der Waals surface area contributed by atoms with Crippen molar-refractivity contribution < 1.29 is 9.47 Å². The van der Waals surface area contributed by atoms with Crippen LogP contribution in [0.2, 0.25) is 0 Å². The number of hydrogen-bond donors (Lipinski definition) is 1. The van der Waals surface area contributed by atoms with Gasteiger partial charge in [-0.25, -0.2) is 5.01 Å². The van der Waals surface area contributed by atoms with Gasteiger partial charge in [0, 0.05) is 19.6 Å². The molecule has 106 valence electrons. The smallest absolute Gasteiger partial charge is 0.119 e. The fraction of sp³-hybridized carbons (Fsp3) is 0.600. The largest absolute Gasteiger partial charge is 0.494 e. The summed E-state index contributed by atoms with van der Waals surface area (Å²) in [4.78, 5) is 0. The fourth-order valence-electron chi connectivity index (χ4n) is 1.96. The van der Waals surface area contributed by atoms with Gasteiger partial charge in [0.1, 0.15) is 5.75 Å².